The van der Waals surface area contributed by atoms with Crippen LogP contribution in [-0.4, -0.2) is 27.6 Å². The van der Waals surface area contributed by atoms with Crippen molar-refractivity contribution in [3.05, 3.63) is 86.6 Å². The molecule has 0 aliphatic carbocycles. The number of nitro groups is 1. The van der Waals surface area contributed by atoms with Crippen molar-refractivity contribution in [1.29, 1.82) is 0 Å². The van der Waals surface area contributed by atoms with Crippen LogP contribution in [0.4, 0.5) is 11.4 Å². The first-order chi connectivity index (χ1) is 15.2. The molecule has 4 rings (SSSR count). The van der Waals surface area contributed by atoms with Crippen LogP contribution < -0.4 is 5.01 Å². The molecule has 1 amide bonds. The molecule has 10 heteroatoms. The van der Waals surface area contributed by atoms with E-state index >= 15 is 0 Å². The predicted octanol–water partition coefficient (Wildman–Crippen LogP) is 5.01. The van der Waals surface area contributed by atoms with E-state index in [0.717, 1.165) is 5.01 Å². The van der Waals surface area contributed by atoms with Gasteiger partial charge >= 0.3 is 5.97 Å². The standard InChI is InChI=1S/C22H14ClN3O6/c1-12-17(21(27)25(24-12)14-5-7-19(23)18(10-14)22(28)29)11-16-6-8-20(32-16)13-3-2-4-15(9-13)26(30)31/h2-11H,1H3,(H,28,29)/b17-11-. The van der Waals surface area contributed by atoms with Crippen LogP contribution in [0.3, 0.4) is 0 Å². The smallest absolute Gasteiger partial charge is 0.337 e. The zero-order valence-electron chi connectivity index (χ0n) is 16.5. The number of aromatic carboxylic acids is 1. The number of hydrogen-bond donors (Lipinski definition) is 1. The van der Waals surface area contributed by atoms with Gasteiger partial charge in [-0.15, -0.1) is 0 Å². The van der Waals surface area contributed by atoms with E-state index in [2.05, 4.69) is 5.10 Å². The summed E-state index contributed by atoms with van der Waals surface area (Å²) in [6.45, 7) is 1.64. The van der Waals surface area contributed by atoms with Gasteiger partial charge in [-0.2, -0.15) is 10.1 Å². The summed E-state index contributed by atoms with van der Waals surface area (Å²) in [5.41, 5.74) is 1.25. The zero-order chi connectivity index (χ0) is 23.0. The van der Waals surface area contributed by atoms with Crippen LogP contribution in [0, 0.1) is 10.1 Å². The highest BCUT2D eigenvalue weighted by molar-refractivity contribution is 6.34. The van der Waals surface area contributed by atoms with Gasteiger partial charge in [0.2, 0.25) is 0 Å². The molecule has 0 spiro atoms. The van der Waals surface area contributed by atoms with Gasteiger partial charge in [-0.05, 0) is 43.3 Å². The number of non-ortho nitro benzene ring substituents is 1. The minimum Gasteiger partial charge on any atom is -0.478 e. The molecule has 1 N–H and O–H groups in total. The quantitative estimate of drug-likeness (QED) is 0.330. The molecule has 9 nitrogen and oxygen atoms in total. The average Bonchev–Trinajstić information content (AvgIpc) is 3.34. The third-order valence-electron chi connectivity index (χ3n) is 4.74. The number of anilines is 1. The maximum absolute atomic E-state index is 12.9. The highest BCUT2D eigenvalue weighted by Crippen LogP contribution is 2.30. The second-order valence-corrected chi connectivity index (χ2v) is 7.25. The number of carbonyl (C=O) groups excluding carboxylic acids is 1. The van der Waals surface area contributed by atoms with Crippen molar-refractivity contribution in [2.24, 2.45) is 5.10 Å². The normalized spacial score (nSPS) is 14.7. The Kier molecular flexibility index (Phi) is 5.33. The monoisotopic (exact) mass is 451 g/mol. The first-order valence-electron chi connectivity index (χ1n) is 9.24. The Hall–Kier alpha value is -4.24. The molecule has 3 aromatic rings. The van der Waals surface area contributed by atoms with Crippen molar-refractivity contribution in [3.8, 4) is 11.3 Å². The molecule has 1 aromatic heterocycles. The minimum absolute atomic E-state index is 0.0497. The molecule has 0 atom stereocenters. The van der Waals surface area contributed by atoms with Crippen molar-refractivity contribution in [2.75, 3.05) is 5.01 Å². The number of furan rings is 1. The number of benzene rings is 2. The lowest BCUT2D eigenvalue weighted by Gasteiger charge is -2.12. The van der Waals surface area contributed by atoms with Gasteiger partial charge < -0.3 is 9.52 Å². The number of nitrogens with zero attached hydrogens (tertiary/aromatic N) is 3. The fourth-order valence-corrected chi connectivity index (χ4v) is 3.37. The summed E-state index contributed by atoms with van der Waals surface area (Å²) in [5.74, 6) is -0.923. The average molecular weight is 452 g/mol. The number of amides is 1. The number of halogens is 1. The summed E-state index contributed by atoms with van der Waals surface area (Å²) in [6, 6.07) is 13.5. The van der Waals surface area contributed by atoms with Crippen LogP contribution in [0.15, 0.2) is 69.7 Å². The van der Waals surface area contributed by atoms with Gasteiger partial charge in [-0.3, -0.25) is 14.9 Å². The summed E-state index contributed by atoms with van der Waals surface area (Å²) in [7, 11) is 0. The minimum atomic E-state index is -1.22. The summed E-state index contributed by atoms with van der Waals surface area (Å²) in [5, 5.41) is 25.6. The van der Waals surface area contributed by atoms with E-state index in [9.17, 15) is 24.8 Å². The Balaban J connectivity index is 1.63. The maximum Gasteiger partial charge on any atom is 0.337 e. The Labute approximate surface area is 186 Å². The third-order valence-corrected chi connectivity index (χ3v) is 5.07. The van der Waals surface area contributed by atoms with E-state index in [1.807, 2.05) is 0 Å². The molecule has 32 heavy (non-hydrogen) atoms. The molecular formula is C22H14ClN3O6. The van der Waals surface area contributed by atoms with Crippen LogP contribution in [0.25, 0.3) is 17.4 Å². The van der Waals surface area contributed by atoms with Crippen molar-refractivity contribution in [1.82, 2.24) is 0 Å². The first-order valence-corrected chi connectivity index (χ1v) is 9.61. The Bertz CT molecular complexity index is 1340. The maximum atomic E-state index is 12.9. The molecule has 0 bridgehead atoms. The number of carboxylic acid groups (broad SMARTS) is 1. The first kappa shape index (κ1) is 21.0. The number of carboxylic acids is 1. The number of nitro benzene ring substituents is 1. The van der Waals surface area contributed by atoms with E-state index in [-0.39, 0.29) is 27.5 Å². The fraction of sp³-hybridized carbons (Fsp3) is 0.0455. The van der Waals surface area contributed by atoms with Gasteiger partial charge in [0.1, 0.15) is 11.5 Å². The molecule has 2 aromatic carbocycles. The van der Waals surface area contributed by atoms with Crippen LogP contribution in [0.5, 0.6) is 0 Å². The lowest BCUT2D eigenvalue weighted by Crippen LogP contribution is -2.21. The summed E-state index contributed by atoms with van der Waals surface area (Å²) >= 11 is 5.90. The zero-order valence-corrected chi connectivity index (χ0v) is 17.2. The topological polar surface area (TPSA) is 126 Å². The molecule has 1 aliphatic rings. The van der Waals surface area contributed by atoms with E-state index in [4.69, 9.17) is 16.0 Å². The third kappa shape index (κ3) is 3.88. The van der Waals surface area contributed by atoms with Crippen molar-refractivity contribution in [2.45, 2.75) is 6.92 Å². The number of carbonyl (C=O) groups is 2. The second-order valence-electron chi connectivity index (χ2n) is 6.84. The van der Waals surface area contributed by atoms with E-state index < -0.39 is 16.8 Å². The highest BCUT2D eigenvalue weighted by Gasteiger charge is 2.30. The van der Waals surface area contributed by atoms with Crippen molar-refractivity contribution in [3.63, 3.8) is 0 Å². The lowest BCUT2D eigenvalue weighted by atomic mass is 10.1. The van der Waals surface area contributed by atoms with E-state index in [0.29, 0.717) is 22.8 Å². The van der Waals surface area contributed by atoms with Gasteiger partial charge in [-0.1, -0.05) is 23.7 Å². The Morgan fingerprint density at radius 2 is 2.00 bits per heavy atom. The van der Waals surface area contributed by atoms with Gasteiger partial charge in [0.15, 0.2) is 0 Å². The number of hydrazone groups is 1. The second kappa shape index (κ2) is 8.12. The van der Waals surface area contributed by atoms with Gasteiger partial charge in [0.05, 0.1) is 32.5 Å². The molecule has 2 heterocycles. The molecular weight excluding hydrogens is 438 g/mol. The molecule has 0 radical (unpaired) electrons. The molecule has 1 aliphatic heterocycles. The molecule has 0 unspecified atom stereocenters. The van der Waals surface area contributed by atoms with Gasteiger partial charge in [-0.25, -0.2) is 4.79 Å². The number of rotatable bonds is 5. The van der Waals surface area contributed by atoms with Crippen LogP contribution in [0.1, 0.15) is 23.0 Å². The summed E-state index contributed by atoms with van der Waals surface area (Å²) in [6.07, 6.45) is 1.51. The highest BCUT2D eigenvalue weighted by atomic mass is 35.5. The van der Waals surface area contributed by atoms with Gasteiger partial charge in [0, 0.05) is 17.7 Å². The SMILES string of the molecule is CC1=NN(c2ccc(Cl)c(C(=O)O)c2)C(=O)/C1=C\c1ccc(-c2cccc([N+](=O)[O-])c2)o1. The van der Waals surface area contributed by atoms with Crippen LogP contribution >= 0.6 is 11.6 Å². The molecule has 0 saturated heterocycles. The predicted molar refractivity (Wildman–Crippen MR) is 118 cm³/mol. The fourth-order valence-electron chi connectivity index (χ4n) is 3.17. The van der Waals surface area contributed by atoms with Crippen molar-refractivity contribution < 1.29 is 24.0 Å². The molecule has 0 saturated carbocycles. The lowest BCUT2D eigenvalue weighted by molar-refractivity contribution is -0.384. The summed E-state index contributed by atoms with van der Waals surface area (Å²) < 4.78 is 5.75. The van der Waals surface area contributed by atoms with Crippen molar-refractivity contribution >= 4 is 46.6 Å². The number of hydrogen-bond acceptors (Lipinski definition) is 6. The molecule has 160 valence electrons. The largest absolute Gasteiger partial charge is 0.478 e. The van der Waals surface area contributed by atoms with Crippen LogP contribution in [-0.2, 0) is 4.79 Å². The summed E-state index contributed by atoms with van der Waals surface area (Å²) in [4.78, 5) is 34.8. The van der Waals surface area contributed by atoms with Gasteiger partial charge in [0.25, 0.3) is 11.6 Å². The Morgan fingerprint density at radius 1 is 1.22 bits per heavy atom. The van der Waals surface area contributed by atoms with Crippen LogP contribution in [0.2, 0.25) is 5.02 Å². The van der Waals surface area contributed by atoms with E-state index in [1.54, 1.807) is 31.2 Å². The Morgan fingerprint density at radius 3 is 2.72 bits per heavy atom. The molecule has 0 fully saturated rings. The van der Waals surface area contributed by atoms with E-state index in [1.165, 1.54) is 36.4 Å².